The number of amides is 1. The number of likely N-dealkylation sites (tertiary alicyclic amines) is 1. The maximum Gasteiger partial charge on any atom is 0.340 e. The van der Waals surface area contributed by atoms with Gasteiger partial charge in [-0.2, -0.15) is 0 Å². The highest BCUT2D eigenvalue weighted by atomic mass is 35.5. The lowest BCUT2D eigenvalue weighted by Crippen LogP contribution is -2.41. The molecule has 1 aliphatic rings. The first-order valence-electron chi connectivity index (χ1n) is 7.08. The van der Waals surface area contributed by atoms with Crippen LogP contribution >= 0.6 is 23.2 Å². The Labute approximate surface area is 139 Å². The summed E-state index contributed by atoms with van der Waals surface area (Å²) in [6.07, 6.45) is 2.08. The van der Waals surface area contributed by atoms with Gasteiger partial charge in [0.2, 0.25) is 0 Å². The zero-order chi connectivity index (χ0) is 16.3. The standard InChI is InChI=1S/C15H18Cl2N2O3/c1-9-3-2-4-19(7-9)13(20)8-22-15(21)11-5-10(16)6-12(17)14(11)18/h5-6,9H,2-4,7-8,18H2,1H3/t9-/m1/s1. The van der Waals surface area contributed by atoms with E-state index in [1.54, 1.807) is 4.90 Å². The highest BCUT2D eigenvalue weighted by molar-refractivity contribution is 6.37. The summed E-state index contributed by atoms with van der Waals surface area (Å²) >= 11 is 11.7. The Morgan fingerprint density at radius 3 is 2.82 bits per heavy atom. The van der Waals surface area contributed by atoms with Crippen LogP contribution in [0.2, 0.25) is 10.0 Å². The van der Waals surface area contributed by atoms with Crippen molar-refractivity contribution in [1.82, 2.24) is 4.90 Å². The summed E-state index contributed by atoms with van der Waals surface area (Å²) in [5.74, 6) is -0.442. The SMILES string of the molecule is C[C@@H]1CCCN(C(=O)COC(=O)c2cc(Cl)cc(Cl)c2N)C1. The van der Waals surface area contributed by atoms with E-state index in [9.17, 15) is 9.59 Å². The summed E-state index contributed by atoms with van der Waals surface area (Å²) in [6.45, 7) is 3.18. The lowest BCUT2D eigenvalue weighted by molar-refractivity contribution is -0.136. The summed E-state index contributed by atoms with van der Waals surface area (Å²) in [5.41, 5.74) is 5.89. The molecule has 22 heavy (non-hydrogen) atoms. The van der Waals surface area contributed by atoms with Gasteiger partial charge in [0.1, 0.15) is 0 Å². The Kier molecular flexibility index (Phi) is 5.53. The molecule has 7 heteroatoms. The molecule has 0 unspecified atom stereocenters. The van der Waals surface area contributed by atoms with Crippen LogP contribution in [0, 0.1) is 5.92 Å². The van der Waals surface area contributed by atoms with E-state index in [2.05, 4.69) is 6.92 Å². The van der Waals surface area contributed by atoms with E-state index >= 15 is 0 Å². The van der Waals surface area contributed by atoms with Crippen LogP contribution in [0.1, 0.15) is 30.1 Å². The number of halogens is 2. The second-order valence-electron chi connectivity index (χ2n) is 5.51. The number of rotatable bonds is 3. The predicted molar refractivity (Wildman–Crippen MR) is 86.1 cm³/mol. The third-order valence-electron chi connectivity index (χ3n) is 3.65. The number of hydrogen-bond donors (Lipinski definition) is 1. The summed E-state index contributed by atoms with van der Waals surface area (Å²) in [6, 6.07) is 2.81. The molecule has 120 valence electrons. The van der Waals surface area contributed by atoms with Crippen LogP contribution in [0.25, 0.3) is 0 Å². The first-order chi connectivity index (χ1) is 10.4. The van der Waals surface area contributed by atoms with Crippen LogP contribution < -0.4 is 5.73 Å². The van der Waals surface area contributed by atoms with Crippen LogP contribution in [0.4, 0.5) is 5.69 Å². The molecule has 0 aromatic heterocycles. The minimum atomic E-state index is -0.708. The number of carbonyl (C=O) groups excluding carboxylic acids is 2. The van der Waals surface area contributed by atoms with E-state index in [0.717, 1.165) is 12.8 Å². The van der Waals surface area contributed by atoms with Crippen LogP contribution in [0.3, 0.4) is 0 Å². The zero-order valence-corrected chi connectivity index (χ0v) is 13.8. The van der Waals surface area contributed by atoms with Crippen LogP contribution in [-0.2, 0) is 9.53 Å². The van der Waals surface area contributed by atoms with Gasteiger partial charge in [-0.05, 0) is 30.9 Å². The fraction of sp³-hybridized carbons (Fsp3) is 0.467. The minimum absolute atomic E-state index is 0.0670. The van der Waals surface area contributed by atoms with Crippen LogP contribution in [-0.4, -0.2) is 36.5 Å². The molecule has 1 fully saturated rings. The monoisotopic (exact) mass is 344 g/mol. The van der Waals surface area contributed by atoms with Crippen molar-refractivity contribution < 1.29 is 14.3 Å². The minimum Gasteiger partial charge on any atom is -0.452 e. The number of benzene rings is 1. The molecule has 1 aliphatic heterocycles. The number of anilines is 1. The van der Waals surface area contributed by atoms with Crippen molar-refractivity contribution in [2.45, 2.75) is 19.8 Å². The first kappa shape index (κ1) is 16.9. The average molecular weight is 345 g/mol. The lowest BCUT2D eigenvalue weighted by Gasteiger charge is -2.30. The maximum atomic E-state index is 12.1. The number of esters is 1. The molecule has 0 saturated carbocycles. The van der Waals surface area contributed by atoms with Crippen LogP contribution in [0.15, 0.2) is 12.1 Å². The van der Waals surface area contributed by atoms with Gasteiger partial charge in [0.05, 0.1) is 16.3 Å². The number of nitrogens with two attached hydrogens (primary N) is 1. The number of piperidine rings is 1. The van der Waals surface area contributed by atoms with Crippen molar-refractivity contribution in [1.29, 1.82) is 0 Å². The third kappa shape index (κ3) is 4.05. The molecule has 1 atom stereocenters. The van der Waals surface area contributed by atoms with Gasteiger partial charge < -0.3 is 15.4 Å². The van der Waals surface area contributed by atoms with Gasteiger partial charge in [0.25, 0.3) is 5.91 Å². The van der Waals surface area contributed by atoms with E-state index in [1.807, 2.05) is 0 Å². The molecule has 1 amide bonds. The van der Waals surface area contributed by atoms with E-state index in [1.165, 1.54) is 12.1 Å². The average Bonchev–Trinajstić information content (AvgIpc) is 2.48. The molecular formula is C15H18Cl2N2O3. The van der Waals surface area contributed by atoms with E-state index in [0.29, 0.717) is 19.0 Å². The fourth-order valence-corrected chi connectivity index (χ4v) is 2.96. The molecule has 0 bridgehead atoms. The molecular weight excluding hydrogens is 327 g/mol. The number of nitrogens with zero attached hydrogens (tertiary/aromatic N) is 1. The van der Waals surface area contributed by atoms with Crippen molar-refractivity contribution in [3.05, 3.63) is 27.7 Å². The molecule has 0 aliphatic carbocycles. The molecule has 0 spiro atoms. The van der Waals surface area contributed by atoms with Gasteiger partial charge in [-0.1, -0.05) is 30.1 Å². The highest BCUT2D eigenvalue weighted by Gasteiger charge is 2.23. The van der Waals surface area contributed by atoms with Crippen molar-refractivity contribution in [3.63, 3.8) is 0 Å². The van der Waals surface area contributed by atoms with Gasteiger partial charge >= 0.3 is 5.97 Å². The Morgan fingerprint density at radius 2 is 2.14 bits per heavy atom. The fourth-order valence-electron chi connectivity index (χ4n) is 2.47. The van der Waals surface area contributed by atoms with Gasteiger partial charge in [0, 0.05) is 18.1 Å². The smallest absolute Gasteiger partial charge is 0.340 e. The zero-order valence-electron chi connectivity index (χ0n) is 12.3. The second kappa shape index (κ2) is 7.20. The normalized spacial score (nSPS) is 18.1. The largest absolute Gasteiger partial charge is 0.452 e. The molecule has 0 radical (unpaired) electrons. The summed E-state index contributed by atoms with van der Waals surface area (Å²) < 4.78 is 5.04. The lowest BCUT2D eigenvalue weighted by atomic mass is 10.0. The molecule has 1 saturated heterocycles. The van der Waals surface area contributed by atoms with Crippen LogP contribution in [0.5, 0.6) is 0 Å². The highest BCUT2D eigenvalue weighted by Crippen LogP contribution is 2.28. The number of ether oxygens (including phenoxy) is 1. The third-order valence-corrected chi connectivity index (χ3v) is 4.18. The molecule has 1 heterocycles. The first-order valence-corrected chi connectivity index (χ1v) is 7.83. The number of hydrogen-bond acceptors (Lipinski definition) is 4. The van der Waals surface area contributed by atoms with E-state index in [-0.39, 0.29) is 33.8 Å². The predicted octanol–water partition coefficient (Wildman–Crippen LogP) is 2.99. The van der Waals surface area contributed by atoms with E-state index in [4.69, 9.17) is 33.7 Å². The Hall–Kier alpha value is -1.46. The summed E-state index contributed by atoms with van der Waals surface area (Å²) in [4.78, 5) is 25.8. The Balaban J connectivity index is 1.97. The Bertz CT molecular complexity index is 592. The number of carbonyl (C=O) groups is 2. The van der Waals surface area contributed by atoms with Crippen molar-refractivity contribution in [2.75, 3.05) is 25.4 Å². The molecule has 1 aromatic rings. The molecule has 1 aromatic carbocycles. The van der Waals surface area contributed by atoms with E-state index < -0.39 is 5.97 Å². The van der Waals surface area contributed by atoms with Gasteiger partial charge in [-0.15, -0.1) is 0 Å². The molecule has 5 nitrogen and oxygen atoms in total. The number of nitrogen functional groups attached to an aromatic ring is 1. The summed E-state index contributed by atoms with van der Waals surface area (Å²) in [5, 5.41) is 0.456. The van der Waals surface area contributed by atoms with Gasteiger partial charge in [0.15, 0.2) is 6.61 Å². The topological polar surface area (TPSA) is 72.6 Å². The van der Waals surface area contributed by atoms with Crippen molar-refractivity contribution in [2.24, 2.45) is 5.92 Å². The molecule has 2 rings (SSSR count). The van der Waals surface area contributed by atoms with Gasteiger partial charge in [-0.25, -0.2) is 4.79 Å². The second-order valence-corrected chi connectivity index (χ2v) is 6.36. The van der Waals surface area contributed by atoms with Gasteiger partial charge in [-0.3, -0.25) is 4.79 Å². The quantitative estimate of drug-likeness (QED) is 0.675. The molecule has 2 N–H and O–H groups in total. The van der Waals surface area contributed by atoms with Crippen molar-refractivity contribution >= 4 is 40.8 Å². The summed E-state index contributed by atoms with van der Waals surface area (Å²) in [7, 11) is 0. The maximum absolute atomic E-state index is 12.1. The Morgan fingerprint density at radius 1 is 1.41 bits per heavy atom. The van der Waals surface area contributed by atoms with Crippen molar-refractivity contribution in [3.8, 4) is 0 Å².